The van der Waals surface area contributed by atoms with Gasteiger partial charge in [0.1, 0.15) is 5.82 Å². The predicted octanol–water partition coefficient (Wildman–Crippen LogP) is 1.23. The normalized spacial score (nSPS) is 12.2. The number of pyridine rings is 1. The molecule has 0 aliphatic carbocycles. The highest BCUT2D eigenvalue weighted by atomic mass is 16.3. The topological polar surface area (TPSA) is 79.5 Å². The van der Waals surface area contributed by atoms with Gasteiger partial charge in [-0.25, -0.2) is 4.98 Å². The third-order valence-electron chi connectivity index (χ3n) is 2.70. The molecule has 100 valence electrons. The van der Waals surface area contributed by atoms with E-state index in [-0.39, 0.29) is 12.5 Å². The lowest BCUT2D eigenvalue weighted by Crippen LogP contribution is -2.35. The summed E-state index contributed by atoms with van der Waals surface area (Å²) in [6.45, 7) is 4.66. The number of nitrogens with zero attached hydrogens (tertiary/aromatic N) is 2. The van der Waals surface area contributed by atoms with Gasteiger partial charge in [0.2, 0.25) is 5.91 Å². The van der Waals surface area contributed by atoms with Crippen LogP contribution in [0.15, 0.2) is 18.3 Å². The van der Waals surface area contributed by atoms with Crippen LogP contribution in [0.2, 0.25) is 0 Å². The summed E-state index contributed by atoms with van der Waals surface area (Å²) in [4.78, 5) is 17.1. The van der Waals surface area contributed by atoms with Gasteiger partial charge >= 0.3 is 0 Å². The van der Waals surface area contributed by atoms with Crippen molar-refractivity contribution < 1.29 is 9.90 Å². The largest absolute Gasteiger partial charge is 0.389 e. The average Bonchev–Trinajstić information content (AvgIpc) is 2.34. The van der Waals surface area contributed by atoms with E-state index in [4.69, 9.17) is 5.73 Å². The molecule has 1 heterocycles. The highest BCUT2D eigenvalue weighted by Crippen LogP contribution is 2.18. The second-order valence-corrected chi connectivity index (χ2v) is 4.36. The summed E-state index contributed by atoms with van der Waals surface area (Å²) in [6.07, 6.45) is 3.09. The van der Waals surface area contributed by atoms with Gasteiger partial charge in [-0.05, 0) is 31.0 Å². The molecule has 0 aromatic carbocycles. The fourth-order valence-corrected chi connectivity index (χ4v) is 1.68. The summed E-state index contributed by atoms with van der Waals surface area (Å²) in [5, 5.41) is 9.55. The molecule has 3 N–H and O–H groups in total. The van der Waals surface area contributed by atoms with Crippen molar-refractivity contribution in [1.82, 2.24) is 4.98 Å². The number of anilines is 1. The van der Waals surface area contributed by atoms with Crippen molar-refractivity contribution in [3.05, 3.63) is 23.9 Å². The Bertz CT molecular complexity index is 394. The van der Waals surface area contributed by atoms with Crippen molar-refractivity contribution >= 4 is 11.7 Å². The molecule has 18 heavy (non-hydrogen) atoms. The van der Waals surface area contributed by atoms with Crippen LogP contribution in [-0.4, -0.2) is 29.1 Å². The summed E-state index contributed by atoms with van der Waals surface area (Å²) in [5.41, 5.74) is 6.03. The molecule has 0 aliphatic rings. The van der Waals surface area contributed by atoms with Crippen LogP contribution in [0.1, 0.15) is 38.4 Å². The fraction of sp³-hybridized carbons (Fsp3) is 0.538. The maximum Gasteiger partial charge on any atom is 0.236 e. The van der Waals surface area contributed by atoms with E-state index in [0.29, 0.717) is 5.82 Å². The molecule has 0 saturated carbocycles. The number of unbranched alkanes of at least 4 members (excludes halogenated alkanes) is 1. The molecule has 1 amide bonds. The van der Waals surface area contributed by atoms with E-state index in [1.807, 2.05) is 4.90 Å². The third-order valence-corrected chi connectivity index (χ3v) is 2.70. The van der Waals surface area contributed by atoms with Crippen molar-refractivity contribution in [3.63, 3.8) is 0 Å². The minimum atomic E-state index is -0.548. The highest BCUT2D eigenvalue weighted by molar-refractivity contribution is 5.79. The number of nitrogens with two attached hydrogens (primary N) is 1. The standard InChI is InChI=1S/C13H21N3O2/c1-3-4-7-16(9-12(14)18)13-8-11(10(2)17)5-6-15-13/h5-6,8,10,17H,3-4,7,9H2,1-2H3,(H2,14,18)/t10-/m0/s1. The number of hydrogen-bond donors (Lipinski definition) is 2. The summed E-state index contributed by atoms with van der Waals surface area (Å²) < 4.78 is 0. The lowest BCUT2D eigenvalue weighted by Gasteiger charge is -2.22. The molecule has 1 aromatic heterocycles. The molecule has 1 rings (SSSR count). The van der Waals surface area contributed by atoms with Gasteiger partial charge in [0.05, 0.1) is 12.6 Å². The SMILES string of the molecule is CCCCN(CC(N)=O)c1cc([C@H](C)O)ccn1. The zero-order chi connectivity index (χ0) is 13.5. The van der Waals surface area contributed by atoms with Crippen LogP contribution in [0.25, 0.3) is 0 Å². The van der Waals surface area contributed by atoms with Crippen LogP contribution in [0.4, 0.5) is 5.82 Å². The summed E-state index contributed by atoms with van der Waals surface area (Å²) in [5.74, 6) is 0.302. The Morgan fingerprint density at radius 2 is 2.33 bits per heavy atom. The van der Waals surface area contributed by atoms with Crippen LogP contribution in [0, 0.1) is 0 Å². The molecule has 5 heteroatoms. The lowest BCUT2D eigenvalue weighted by atomic mass is 10.1. The zero-order valence-electron chi connectivity index (χ0n) is 11.0. The first-order valence-electron chi connectivity index (χ1n) is 6.21. The summed E-state index contributed by atoms with van der Waals surface area (Å²) in [6, 6.07) is 3.56. The number of rotatable bonds is 7. The van der Waals surface area contributed by atoms with Crippen molar-refractivity contribution in [2.24, 2.45) is 5.73 Å². The van der Waals surface area contributed by atoms with Gasteiger partial charge in [-0.3, -0.25) is 4.79 Å². The van der Waals surface area contributed by atoms with E-state index >= 15 is 0 Å². The van der Waals surface area contributed by atoms with Crippen molar-refractivity contribution in [2.75, 3.05) is 18.0 Å². The van der Waals surface area contributed by atoms with Gasteiger partial charge in [-0.1, -0.05) is 13.3 Å². The smallest absolute Gasteiger partial charge is 0.236 e. The number of carbonyl (C=O) groups excluding carboxylic acids is 1. The molecule has 0 spiro atoms. The third kappa shape index (κ3) is 4.33. The van der Waals surface area contributed by atoms with Crippen LogP contribution in [0.3, 0.4) is 0 Å². The van der Waals surface area contributed by atoms with Gasteiger partial charge in [0, 0.05) is 12.7 Å². The quantitative estimate of drug-likeness (QED) is 0.763. The molecule has 0 fully saturated rings. The number of primary amides is 1. The lowest BCUT2D eigenvalue weighted by molar-refractivity contribution is -0.116. The Morgan fingerprint density at radius 3 is 2.89 bits per heavy atom. The first-order chi connectivity index (χ1) is 8.54. The maximum atomic E-state index is 11.1. The summed E-state index contributed by atoms with van der Waals surface area (Å²) >= 11 is 0. The van der Waals surface area contributed by atoms with E-state index < -0.39 is 6.10 Å². The van der Waals surface area contributed by atoms with Gasteiger partial charge in [0.25, 0.3) is 0 Å². The number of amides is 1. The number of hydrogen-bond acceptors (Lipinski definition) is 4. The molecule has 1 atom stereocenters. The Morgan fingerprint density at radius 1 is 1.61 bits per heavy atom. The second kappa shape index (κ2) is 6.96. The second-order valence-electron chi connectivity index (χ2n) is 4.36. The first-order valence-corrected chi connectivity index (χ1v) is 6.21. The fourth-order valence-electron chi connectivity index (χ4n) is 1.68. The Hall–Kier alpha value is -1.62. The van der Waals surface area contributed by atoms with Crippen molar-refractivity contribution in [1.29, 1.82) is 0 Å². The van der Waals surface area contributed by atoms with Gasteiger partial charge in [-0.15, -0.1) is 0 Å². The first kappa shape index (κ1) is 14.4. The maximum absolute atomic E-state index is 11.1. The van der Waals surface area contributed by atoms with Crippen molar-refractivity contribution in [2.45, 2.75) is 32.8 Å². The number of aliphatic hydroxyl groups is 1. The molecule has 1 aromatic rings. The molecule has 0 radical (unpaired) electrons. The molecule has 0 saturated heterocycles. The minimum Gasteiger partial charge on any atom is -0.389 e. The van der Waals surface area contributed by atoms with Crippen LogP contribution < -0.4 is 10.6 Å². The van der Waals surface area contributed by atoms with Gasteiger partial charge < -0.3 is 15.7 Å². The van der Waals surface area contributed by atoms with E-state index in [1.165, 1.54) is 0 Å². The Kier molecular flexibility index (Phi) is 5.58. The number of aliphatic hydroxyl groups excluding tert-OH is 1. The van der Waals surface area contributed by atoms with Crippen LogP contribution in [-0.2, 0) is 4.79 Å². The Labute approximate surface area is 108 Å². The minimum absolute atomic E-state index is 0.149. The zero-order valence-corrected chi connectivity index (χ0v) is 11.0. The molecular weight excluding hydrogens is 230 g/mol. The summed E-state index contributed by atoms with van der Waals surface area (Å²) in [7, 11) is 0. The van der Waals surface area contributed by atoms with Gasteiger partial charge in [0.15, 0.2) is 0 Å². The number of aromatic nitrogens is 1. The van der Waals surface area contributed by atoms with E-state index in [9.17, 15) is 9.90 Å². The van der Waals surface area contributed by atoms with Crippen LogP contribution in [0.5, 0.6) is 0 Å². The van der Waals surface area contributed by atoms with Crippen LogP contribution >= 0.6 is 0 Å². The van der Waals surface area contributed by atoms with Crippen molar-refractivity contribution in [3.8, 4) is 0 Å². The van der Waals surface area contributed by atoms with E-state index in [0.717, 1.165) is 24.9 Å². The Balaban J connectivity index is 2.89. The molecule has 0 bridgehead atoms. The molecule has 5 nitrogen and oxygen atoms in total. The number of carbonyl (C=O) groups is 1. The van der Waals surface area contributed by atoms with Gasteiger partial charge in [-0.2, -0.15) is 0 Å². The molecule has 0 aliphatic heterocycles. The van der Waals surface area contributed by atoms with E-state index in [2.05, 4.69) is 11.9 Å². The molecular formula is C13H21N3O2. The predicted molar refractivity (Wildman–Crippen MR) is 71.2 cm³/mol. The average molecular weight is 251 g/mol. The monoisotopic (exact) mass is 251 g/mol. The molecule has 0 unspecified atom stereocenters. The van der Waals surface area contributed by atoms with E-state index in [1.54, 1.807) is 25.3 Å². The highest BCUT2D eigenvalue weighted by Gasteiger charge is 2.12.